The molecule has 2 atom stereocenters. The van der Waals surface area contributed by atoms with Crippen molar-refractivity contribution < 1.29 is 0 Å². The number of hydrogen-bond acceptors (Lipinski definition) is 2. The molecule has 0 spiro atoms. The Morgan fingerprint density at radius 2 is 1.67 bits per heavy atom. The van der Waals surface area contributed by atoms with Gasteiger partial charge in [0.25, 0.3) is 0 Å². The predicted molar refractivity (Wildman–Crippen MR) is 88.3 cm³/mol. The summed E-state index contributed by atoms with van der Waals surface area (Å²) in [5.41, 5.74) is 0.696. The van der Waals surface area contributed by atoms with Crippen LogP contribution in [0.2, 0.25) is 0 Å². The van der Waals surface area contributed by atoms with Gasteiger partial charge in [-0.2, -0.15) is 0 Å². The number of rotatable bonds is 2. The highest BCUT2D eigenvalue weighted by atomic mass is 15.2. The van der Waals surface area contributed by atoms with Gasteiger partial charge in [-0.25, -0.2) is 0 Å². The molecule has 5 fully saturated rings. The summed E-state index contributed by atoms with van der Waals surface area (Å²) < 4.78 is 0. The topological polar surface area (TPSA) is 15.3 Å². The minimum Gasteiger partial charge on any atom is -0.316 e. The first-order valence-corrected chi connectivity index (χ1v) is 9.59. The van der Waals surface area contributed by atoms with E-state index in [2.05, 4.69) is 24.1 Å². The minimum absolute atomic E-state index is 0.696. The smallest absolute Gasteiger partial charge is 0.0124 e. The molecular formula is C19H34N2. The van der Waals surface area contributed by atoms with Gasteiger partial charge in [-0.05, 0) is 101 Å². The maximum atomic E-state index is 3.61. The molecule has 1 N–H and O–H groups in total. The van der Waals surface area contributed by atoms with Gasteiger partial charge in [0.05, 0.1) is 0 Å². The molecule has 5 rings (SSSR count). The summed E-state index contributed by atoms with van der Waals surface area (Å²) in [5.74, 6) is 4.08. The van der Waals surface area contributed by atoms with Crippen molar-refractivity contribution in [3.63, 3.8) is 0 Å². The second-order valence-electron chi connectivity index (χ2n) is 9.11. The summed E-state index contributed by atoms with van der Waals surface area (Å²) in [7, 11) is 0. The summed E-state index contributed by atoms with van der Waals surface area (Å²) in [6, 6.07) is 0.825. The summed E-state index contributed by atoms with van der Waals surface area (Å²) in [5, 5.41) is 3.61. The van der Waals surface area contributed by atoms with Gasteiger partial charge in [-0.1, -0.05) is 6.92 Å². The van der Waals surface area contributed by atoms with Crippen molar-refractivity contribution in [3.05, 3.63) is 0 Å². The van der Waals surface area contributed by atoms with E-state index < -0.39 is 0 Å². The van der Waals surface area contributed by atoms with E-state index in [1.165, 1.54) is 32.6 Å². The highest BCUT2D eigenvalue weighted by molar-refractivity contribution is 5.05. The van der Waals surface area contributed by atoms with Gasteiger partial charge in [-0.15, -0.1) is 0 Å². The third kappa shape index (κ3) is 2.67. The van der Waals surface area contributed by atoms with Gasteiger partial charge in [0, 0.05) is 12.6 Å². The fraction of sp³-hybridized carbons (Fsp3) is 1.00. The van der Waals surface area contributed by atoms with E-state index in [0.717, 1.165) is 29.7 Å². The van der Waals surface area contributed by atoms with Crippen LogP contribution in [0, 0.1) is 29.1 Å². The average molecular weight is 290 g/mol. The number of nitrogens with one attached hydrogen (secondary N) is 1. The van der Waals surface area contributed by atoms with Gasteiger partial charge >= 0.3 is 0 Å². The van der Waals surface area contributed by atoms with Crippen molar-refractivity contribution >= 4 is 0 Å². The predicted octanol–water partition coefficient (Wildman–Crippen LogP) is 3.52. The third-order valence-electron chi connectivity index (χ3n) is 7.36. The first-order valence-electron chi connectivity index (χ1n) is 9.59. The van der Waals surface area contributed by atoms with Crippen LogP contribution < -0.4 is 5.32 Å². The van der Waals surface area contributed by atoms with E-state index in [0.29, 0.717) is 5.41 Å². The summed E-state index contributed by atoms with van der Waals surface area (Å²) in [6.45, 7) is 10.1. The lowest BCUT2D eigenvalue weighted by molar-refractivity contribution is -0.0990. The summed E-state index contributed by atoms with van der Waals surface area (Å²) >= 11 is 0. The molecule has 1 saturated heterocycles. The van der Waals surface area contributed by atoms with E-state index in [9.17, 15) is 0 Å². The zero-order valence-corrected chi connectivity index (χ0v) is 14.1. The quantitative estimate of drug-likeness (QED) is 0.837. The molecule has 1 aliphatic heterocycles. The van der Waals surface area contributed by atoms with E-state index in [1.54, 1.807) is 38.5 Å². The van der Waals surface area contributed by atoms with Gasteiger partial charge in [-0.3, -0.25) is 4.90 Å². The molecule has 4 aliphatic carbocycles. The van der Waals surface area contributed by atoms with Crippen LogP contribution >= 0.6 is 0 Å². The van der Waals surface area contributed by atoms with Crippen LogP contribution in [-0.4, -0.2) is 37.1 Å². The van der Waals surface area contributed by atoms with Crippen molar-refractivity contribution in [2.45, 2.75) is 64.8 Å². The van der Waals surface area contributed by atoms with Crippen molar-refractivity contribution in [1.29, 1.82) is 0 Å². The maximum Gasteiger partial charge on any atom is 0.0124 e. The van der Waals surface area contributed by atoms with Crippen LogP contribution in [0.5, 0.6) is 0 Å². The highest BCUT2D eigenvalue weighted by Crippen LogP contribution is 2.61. The standard InChI is InChI=1S/C19H34N2/c1-14-12-20-4-3-5-21(13-14)15(2)19-9-16-6-17(10-19)8-18(7-16)11-19/h14-18,20H,3-13H2,1-2H3. The lowest BCUT2D eigenvalue weighted by atomic mass is 9.47. The van der Waals surface area contributed by atoms with Gasteiger partial charge in [0.2, 0.25) is 0 Å². The molecule has 0 aromatic heterocycles. The van der Waals surface area contributed by atoms with Crippen LogP contribution in [0.1, 0.15) is 58.8 Å². The average Bonchev–Trinajstić information content (AvgIpc) is 2.40. The van der Waals surface area contributed by atoms with Crippen molar-refractivity contribution in [1.82, 2.24) is 10.2 Å². The Morgan fingerprint density at radius 3 is 2.29 bits per heavy atom. The molecule has 4 bridgehead atoms. The Balaban J connectivity index is 1.51. The van der Waals surface area contributed by atoms with Crippen molar-refractivity contribution in [2.75, 3.05) is 26.2 Å². The molecule has 0 aromatic rings. The maximum absolute atomic E-state index is 3.61. The Kier molecular flexibility index (Phi) is 3.82. The highest BCUT2D eigenvalue weighted by Gasteiger charge is 2.54. The molecule has 2 heteroatoms. The zero-order valence-electron chi connectivity index (χ0n) is 14.1. The second-order valence-corrected chi connectivity index (χ2v) is 9.11. The Morgan fingerprint density at radius 1 is 1.05 bits per heavy atom. The third-order valence-corrected chi connectivity index (χ3v) is 7.36. The minimum atomic E-state index is 0.696. The van der Waals surface area contributed by atoms with E-state index >= 15 is 0 Å². The molecule has 1 heterocycles. The Hall–Kier alpha value is -0.0800. The largest absolute Gasteiger partial charge is 0.316 e. The molecule has 120 valence electrons. The molecular weight excluding hydrogens is 256 g/mol. The van der Waals surface area contributed by atoms with Gasteiger partial charge in [0.15, 0.2) is 0 Å². The lowest BCUT2D eigenvalue weighted by Crippen LogP contribution is -2.57. The Labute approximate surface area is 131 Å². The summed E-state index contributed by atoms with van der Waals surface area (Å²) in [6.07, 6.45) is 10.7. The van der Waals surface area contributed by atoms with E-state index in [4.69, 9.17) is 0 Å². The molecule has 5 aliphatic rings. The monoisotopic (exact) mass is 290 g/mol. The number of nitrogens with zero attached hydrogens (tertiary/aromatic N) is 1. The molecule has 0 aromatic carbocycles. The first kappa shape index (κ1) is 14.5. The molecule has 0 radical (unpaired) electrons. The van der Waals surface area contributed by atoms with Crippen LogP contribution in [0.25, 0.3) is 0 Å². The molecule has 0 amide bonds. The van der Waals surface area contributed by atoms with Crippen LogP contribution in [-0.2, 0) is 0 Å². The van der Waals surface area contributed by atoms with Crippen LogP contribution in [0.3, 0.4) is 0 Å². The van der Waals surface area contributed by atoms with Gasteiger partial charge in [0.1, 0.15) is 0 Å². The van der Waals surface area contributed by atoms with Crippen molar-refractivity contribution in [3.8, 4) is 0 Å². The second kappa shape index (κ2) is 5.53. The molecule has 2 unspecified atom stereocenters. The molecule has 21 heavy (non-hydrogen) atoms. The van der Waals surface area contributed by atoms with Crippen LogP contribution in [0.4, 0.5) is 0 Å². The van der Waals surface area contributed by atoms with E-state index in [1.807, 2.05) is 0 Å². The first-order chi connectivity index (χ1) is 10.1. The van der Waals surface area contributed by atoms with Crippen molar-refractivity contribution in [2.24, 2.45) is 29.1 Å². The zero-order chi connectivity index (χ0) is 14.4. The Bertz CT molecular complexity index is 342. The number of hydrogen-bond donors (Lipinski definition) is 1. The van der Waals surface area contributed by atoms with Gasteiger partial charge < -0.3 is 5.32 Å². The fourth-order valence-electron chi connectivity index (χ4n) is 6.74. The molecule has 4 saturated carbocycles. The van der Waals surface area contributed by atoms with Crippen LogP contribution in [0.15, 0.2) is 0 Å². The van der Waals surface area contributed by atoms with E-state index in [-0.39, 0.29) is 0 Å². The lowest BCUT2D eigenvalue weighted by Gasteiger charge is -2.60. The fourth-order valence-corrected chi connectivity index (χ4v) is 6.74. The SMILES string of the molecule is CC1CNCCCN(C(C)C23CC4CC(CC(C4)C2)C3)C1. The molecule has 2 nitrogen and oxygen atoms in total. The summed E-state index contributed by atoms with van der Waals surface area (Å²) in [4.78, 5) is 2.89. The normalized spacial score (nSPS) is 48.9.